The van der Waals surface area contributed by atoms with E-state index in [1.54, 1.807) is 25.2 Å². The molecule has 4 N–H and O–H groups in total. The van der Waals surface area contributed by atoms with Crippen LogP contribution < -0.4 is 0 Å². The van der Waals surface area contributed by atoms with Crippen molar-refractivity contribution in [3.63, 3.8) is 0 Å². The minimum absolute atomic E-state index is 0.0420. The Morgan fingerprint density at radius 3 is 2.49 bits per heavy atom. The fourth-order valence-corrected chi connectivity index (χ4v) is 7.80. The Kier molecular flexibility index (Phi) is 10.0. The van der Waals surface area contributed by atoms with Crippen molar-refractivity contribution < 1.29 is 44.2 Å². The number of aliphatic hydroxyl groups is 4. The Morgan fingerprint density at radius 1 is 1.04 bits per heavy atom. The molecular formula is C36H52O9. The smallest absolute Gasteiger partial charge is 0.316 e. The average Bonchev–Trinajstić information content (AvgIpc) is 3.31. The lowest BCUT2D eigenvalue weighted by atomic mass is 9.71. The lowest BCUT2D eigenvalue weighted by Gasteiger charge is -2.51. The Morgan fingerprint density at radius 2 is 1.78 bits per heavy atom. The van der Waals surface area contributed by atoms with Gasteiger partial charge in [-0.25, -0.2) is 0 Å². The molecule has 1 aliphatic carbocycles. The van der Waals surface area contributed by atoms with Crippen LogP contribution in [0.3, 0.4) is 0 Å². The second-order valence-electron chi connectivity index (χ2n) is 14.4. The summed E-state index contributed by atoms with van der Waals surface area (Å²) in [6.07, 6.45) is 7.28. The number of esters is 1. The van der Waals surface area contributed by atoms with E-state index in [0.717, 1.165) is 11.1 Å². The maximum atomic E-state index is 14.1. The summed E-state index contributed by atoms with van der Waals surface area (Å²) in [5, 5.41) is 45.4. The summed E-state index contributed by atoms with van der Waals surface area (Å²) < 4.78 is 25.6. The highest BCUT2D eigenvalue weighted by Crippen LogP contribution is 2.47. The van der Waals surface area contributed by atoms with Crippen molar-refractivity contribution in [2.75, 3.05) is 6.61 Å². The van der Waals surface area contributed by atoms with E-state index in [0.29, 0.717) is 29.9 Å². The third kappa shape index (κ3) is 6.68. The monoisotopic (exact) mass is 628 g/mol. The SMILES string of the molecule is CC1=C[C@H]2C(=O)O[C@H]3C[C@@H](C/C=C(\C)[C@H](O)[C@@H](C)/C=C/C=C4\CO[C@H]([C@@H]1O)[C@@]42O)O[C@]1(C3)C[C@H](O)[C@H](C)[C@@H](/C(C)=C/C(C)C)O1. The summed E-state index contributed by atoms with van der Waals surface area (Å²) in [6, 6.07) is 0. The first-order chi connectivity index (χ1) is 21.1. The summed E-state index contributed by atoms with van der Waals surface area (Å²) in [6.45, 7) is 13.7. The highest BCUT2D eigenvalue weighted by molar-refractivity contribution is 5.78. The summed E-state index contributed by atoms with van der Waals surface area (Å²) in [4.78, 5) is 14.1. The van der Waals surface area contributed by atoms with Crippen LogP contribution in [-0.4, -0.2) is 87.1 Å². The van der Waals surface area contributed by atoms with Crippen molar-refractivity contribution in [2.45, 2.75) is 128 Å². The van der Waals surface area contributed by atoms with Crippen molar-refractivity contribution >= 4 is 5.97 Å². The molecule has 0 amide bonds. The molecule has 4 heterocycles. The number of carbonyl (C=O) groups is 1. The summed E-state index contributed by atoms with van der Waals surface area (Å²) in [5.74, 6) is -3.02. The summed E-state index contributed by atoms with van der Waals surface area (Å²) >= 11 is 0. The van der Waals surface area contributed by atoms with Crippen molar-refractivity contribution in [1.29, 1.82) is 0 Å². The van der Waals surface area contributed by atoms with Gasteiger partial charge in [0.15, 0.2) is 5.79 Å². The van der Waals surface area contributed by atoms with E-state index >= 15 is 0 Å². The lowest BCUT2D eigenvalue weighted by molar-refractivity contribution is -0.342. The van der Waals surface area contributed by atoms with Crippen molar-refractivity contribution in [1.82, 2.24) is 0 Å². The predicted octanol–water partition coefficient (Wildman–Crippen LogP) is 4.06. The zero-order chi connectivity index (χ0) is 32.8. The molecule has 250 valence electrons. The molecule has 3 fully saturated rings. The number of aliphatic hydroxyl groups excluding tert-OH is 3. The molecule has 0 aromatic heterocycles. The van der Waals surface area contributed by atoms with Crippen LogP contribution in [0.2, 0.25) is 0 Å². The van der Waals surface area contributed by atoms with E-state index in [4.69, 9.17) is 18.9 Å². The Balaban J connectivity index is 1.54. The van der Waals surface area contributed by atoms with Crippen molar-refractivity contribution in [2.24, 2.45) is 23.7 Å². The summed E-state index contributed by atoms with van der Waals surface area (Å²) in [5.41, 5.74) is 0.974. The second kappa shape index (κ2) is 13.2. The van der Waals surface area contributed by atoms with Gasteiger partial charge in [0.25, 0.3) is 0 Å². The Bertz CT molecular complexity index is 1280. The van der Waals surface area contributed by atoms with Crippen LogP contribution in [0.1, 0.15) is 74.1 Å². The first-order valence-corrected chi connectivity index (χ1v) is 16.5. The molecule has 0 radical (unpaired) electrons. The molecule has 9 nitrogen and oxygen atoms in total. The largest absolute Gasteiger partial charge is 0.462 e. The molecule has 0 aromatic carbocycles. The van der Waals surface area contributed by atoms with Crippen molar-refractivity contribution in [3.05, 3.63) is 58.7 Å². The Labute approximate surface area is 267 Å². The molecule has 2 bridgehead atoms. The molecule has 4 aliphatic heterocycles. The molecule has 0 aromatic rings. The number of allylic oxidation sites excluding steroid dienone is 3. The number of hydrogen-bond acceptors (Lipinski definition) is 9. The number of hydrogen-bond donors (Lipinski definition) is 4. The maximum absolute atomic E-state index is 14.1. The summed E-state index contributed by atoms with van der Waals surface area (Å²) in [7, 11) is 0. The average molecular weight is 629 g/mol. The van der Waals surface area contributed by atoms with Crippen LogP contribution >= 0.6 is 0 Å². The fourth-order valence-electron chi connectivity index (χ4n) is 7.80. The van der Waals surface area contributed by atoms with Gasteiger partial charge in [0, 0.05) is 31.1 Å². The molecule has 3 saturated heterocycles. The van der Waals surface area contributed by atoms with Crippen LogP contribution in [0, 0.1) is 23.7 Å². The van der Waals surface area contributed by atoms with Gasteiger partial charge in [-0.2, -0.15) is 0 Å². The minimum Gasteiger partial charge on any atom is -0.462 e. The molecule has 9 heteroatoms. The third-order valence-electron chi connectivity index (χ3n) is 10.4. The molecule has 5 aliphatic rings. The molecule has 5 rings (SSSR count). The normalized spacial score (nSPS) is 47.7. The zero-order valence-corrected chi connectivity index (χ0v) is 27.7. The van der Waals surface area contributed by atoms with Gasteiger partial charge in [-0.15, -0.1) is 0 Å². The molecule has 12 atom stereocenters. The van der Waals surface area contributed by atoms with Gasteiger partial charge in [-0.1, -0.05) is 64.2 Å². The van der Waals surface area contributed by atoms with Crippen molar-refractivity contribution in [3.8, 4) is 0 Å². The minimum atomic E-state index is -1.81. The second-order valence-corrected chi connectivity index (χ2v) is 14.4. The predicted molar refractivity (Wildman–Crippen MR) is 169 cm³/mol. The first kappa shape index (κ1) is 34.2. The lowest BCUT2D eigenvalue weighted by Crippen LogP contribution is -2.59. The van der Waals surface area contributed by atoms with E-state index in [1.165, 1.54) is 0 Å². The van der Waals surface area contributed by atoms with E-state index in [9.17, 15) is 25.2 Å². The van der Waals surface area contributed by atoms with Gasteiger partial charge in [-0.3, -0.25) is 4.79 Å². The fraction of sp³-hybridized carbons (Fsp3) is 0.694. The van der Waals surface area contributed by atoms with Crippen LogP contribution in [0.25, 0.3) is 0 Å². The van der Waals surface area contributed by atoms with E-state index in [2.05, 4.69) is 19.9 Å². The first-order valence-electron chi connectivity index (χ1n) is 16.5. The van der Waals surface area contributed by atoms with Crippen LogP contribution in [0.5, 0.6) is 0 Å². The maximum Gasteiger partial charge on any atom is 0.316 e. The molecular weight excluding hydrogens is 576 g/mol. The quantitative estimate of drug-likeness (QED) is 0.264. The zero-order valence-electron chi connectivity index (χ0n) is 27.7. The topological polar surface area (TPSA) is 135 Å². The van der Waals surface area contributed by atoms with Gasteiger partial charge in [0.2, 0.25) is 0 Å². The van der Waals surface area contributed by atoms with Gasteiger partial charge >= 0.3 is 5.97 Å². The van der Waals surface area contributed by atoms with Gasteiger partial charge in [-0.05, 0) is 55.4 Å². The molecule has 0 unspecified atom stereocenters. The van der Waals surface area contributed by atoms with E-state index in [-0.39, 0.29) is 37.4 Å². The highest BCUT2D eigenvalue weighted by atomic mass is 16.7. The number of rotatable bonds is 2. The van der Waals surface area contributed by atoms with E-state index < -0.39 is 59.9 Å². The van der Waals surface area contributed by atoms with Gasteiger partial charge in [0.05, 0.1) is 31.0 Å². The Hall–Kier alpha value is -2.11. The van der Waals surface area contributed by atoms with E-state index in [1.807, 2.05) is 39.8 Å². The number of carbonyl (C=O) groups excluding carboxylic acids is 1. The van der Waals surface area contributed by atoms with Gasteiger partial charge < -0.3 is 39.4 Å². The standard InChI is InChI=1S/C36H52O9/c1-19(2)13-23(6)32-24(7)29(37)17-35(45-32)16-27-15-26(44-35)12-11-21(4)30(38)20(3)9-8-10-25-18-42-33-31(39)22(5)14-28(34(40)43-27)36(25,33)41/h8-11,13-14,19-20,24,26-33,37-39,41H,12,15-18H2,1-7H3/b9-8+,21-11+,23-13+,25-10+/t20-,24-,26+,27-,28-,29-,30+,31+,32+,33+,35-,36+/m0/s1. The number of ether oxygens (including phenoxy) is 4. The third-order valence-corrected chi connectivity index (χ3v) is 10.4. The highest BCUT2D eigenvalue weighted by Gasteiger charge is 2.60. The van der Waals surface area contributed by atoms with Crippen LogP contribution in [-0.2, 0) is 23.7 Å². The molecule has 0 saturated carbocycles. The van der Waals surface area contributed by atoms with Crippen LogP contribution in [0.4, 0.5) is 0 Å². The van der Waals surface area contributed by atoms with Gasteiger partial charge in [0.1, 0.15) is 29.8 Å². The van der Waals surface area contributed by atoms with Crippen LogP contribution in [0.15, 0.2) is 58.7 Å². The number of fused-ring (bicyclic) bond motifs is 2. The molecule has 1 spiro atoms. The molecule has 45 heavy (non-hydrogen) atoms.